The number of methoxy groups -OCH3 is 1. The maximum absolute atomic E-state index is 12.5. The second kappa shape index (κ2) is 5.43. The van der Waals surface area contributed by atoms with E-state index in [1.54, 1.807) is 6.07 Å². The van der Waals surface area contributed by atoms with E-state index in [4.69, 9.17) is 5.73 Å². The average Bonchev–Trinajstić information content (AvgIpc) is 2.45. The number of esters is 1. The third-order valence-corrected chi connectivity index (χ3v) is 2.81. The molecule has 0 aliphatic carbocycles. The Bertz CT molecular complexity index is 667. The summed E-state index contributed by atoms with van der Waals surface area (Å²) in [5.41, 5.74) is 5.88. The van der Waals surface area contributed by atoms with E-state index in [9.17, 15) is 18.0 Å². The van der Waals surface area contributed by atoms with Crippen molar-refractivity contribution in [2.24, 2.45) is 0 Å². The van der Waals surface area contributed by atoms with Crippen LogP contribution in [0.1, 0.15) is 16.1 Å². The summed E-state index contributed by atoms with van der Waals surface area (Å²) in [5, 5.41) is 0. The largest absolute Gasteiger partial charge is 0.465 e. The van der Waals surface area contributed by atoms with Crippen molar-refractivity contribution in [3.05, 3.63) is 47.8 Å². The number of carbonyl (C=O) groups is 1. The van der Waals surface area contributed by atoms with Gasteiger partial charge < -0.3 is 10.5 Å². The van der Waals surface area contributed by atoms with E-state index >= 15 is 0 Å². The van der Waals surface area contributed by atoms with Crippen LogP contribution in [-0.2, 0) is 10.9 Å². The summed E-state index contributed by atoms with van der Waals surface area (Å²) in [6.07, 6.45) is -3.45. The molecule has 0 saturated heterocycles. The molecule has 1 aromatic heterocycles. The van der Waals surface area contributed by atoms with Crippen molar-refractivity contribution in [3.8, 4) is 11.1 Å². The molecule has 0 saturated carbocycles. The fourth-order valence-corrected chi connectivity index (χ4v) is 1.81. The molecule has 0 amide bonds. The maximum Gasteiger partial charge on any atom is 0.433 e. The molecular formula is C14H11F3N2O2. The van der Waals surface area contributed by atoms with Crippen molar-refractivity contribution < 1.29 is 22.7 Å². The number of halogens is 3. The van der Waals surface area contributed by atoms with Crippen molar-refractivity contribution in [2.75, 3.05) is 12.8 Å². The average molecular weight is 296 g/mol. The number of nitrogen functional groups attached to an aromatic ring is 1. The van der Waals surface area contributed by atoms with E-state index < -0.39 is 17.8 Å². The van der Waals surface area contributed by atoms with Crippen LogP contribution in [0.5, 0.6) is 0 Å². The molecule has 4 nitrogen and oxygen atoms in total. The second-order valence-electron chi connectivity index (χ2n) is 4.23. The standard InChI is InChI=1S/C14H11F3N2O2/c1-21-13(20)11-6-9(18)3-4-10(11)8-2-5-12(19-7-8)14(15,16)17/h2-7H,18H2,1H3. The molecule has 21 heavy (non-hydrogen) atoms. The van der Waals surface area contributed by atoms with Gasteiger partial charge in [0, 0.05) is 17.4 Å². The quantitative estimate of drug-likeness (QED) is 0.683. The number of alkyl halides is 3. The molecular weight excluding hydrogens is 285 g/mol. The number of carbonyl (C=O) groups excluding carboxylic acids is 1. The van der Waals surface area contributed by atoms with Gasteiger partial charge in [0.1, 0.15) is 5.69 Å². The van der Waals surface area contributed by atoms with Gasteiger partial charge in [-0.25, -0.2) is 4.79 Å². The lowest BCUT2D eigenvalue weighted by Crippen LogP contribution is -2.08. The molecule has 1 heterocycles. The third-order valence-electron chi connectivity index (χ3n) is 2.81. The van der Waals surface area contributed by atoms with E-state index in [1.165, 1.54) is 25.3 Å². The summed E-state index contributed by atoms with van der Waals surface area (Å²) in [7, 11) is 1.21. The zero-order chi connectivity index (χ0) is 15.6. The minimum Gasteiger partial charge on any atom is -0.465 e. The Morgan fingerprint density at radius 2 is 1.95 bits per heavy atom. The number of pyridine rings is 1. The first-order chi connectivity index (χ1) is 9.82. The van der Waals surface area contributed by atoms with Crippen molar-refractivity contribution in [2.45, 2.75) is 6.18 Å². The first-order valence-electron chi connectivity index (χ1n) is 5.84. The Morgan fingerprint density at radius 3 is 2.48 bits per heavy atom. The molecule has 2 rings (SSSR count). The number of nitrogens with two attached hydrogens (primary N) is 1. The Balaban J connectivity index is 2.49. The summed E-state index contributed by atoms with van der Waals surface area (Å²) >= 11 is 0. The van der Waals surface area contributed by atoms with Crippen LogP contribution in [0, 0.1) is 0 Å². The lowest BCUT2D eigenvalue weighted by atomic mass is 10.00. The monoisotopic (exact) mass is 296 g/mol. The third kappa shape index (κ3) is 3.13. The molecule has 0 radical (unpaired) electrons. The van der Waals surface area contributed by atoms with Crippen molar-refractivity contribution in [1.29, 1.82) is 0 Å². The topological polar surface area (TPSA) is 65.2 Å². The molecule has 0 fully saturated rings. The molecule has 0 spiro atoms. The molecule has 0 atom stereocenters. The van der Waals surface area contributed by atoms with Gasteiger partial charge in [-0.3, -0.25) is 4.98 Å². The van der Waals surface area contributed by atoms with Gasteiger partial charge in [0.25, 0.3) is 0 Å². The number of ether oxygens (including phenoxy) is 1. The van der Waals surface area contributed by atoms with Gasteiger partial charge in [-0.05, 0) is 23.8 Å². The highest BCUT2D eigenvalue weighted by Crippen LogP contribution is 2.30. The van der Waals surface area contributed by atoms with Crippen LogP contribution in [0.25, 0.3) is 11.1 Å². The minimum atomic E-state index is -4.51. The molecule has 1 aromatic carbocycles. The number of aromatic nitrogens is 1. The van der Waals surface area contributed by atoms with Crippen LogP contribution in [0.15, 0.2) is 36.5 Å². The van der Waals surface area contributed by atoms with E-state index in [1.807, 2.05) is 0 Å². The predicted molar refractivity (Wildman–Crippen MR) is 70.4 cm³/mol. The van der Waals surface area contributed by atoms with Crippen LogP contribution in [0.2, 0.25) is 0 Å². The van der Waals surface area contributed by atoms with Gasteiger partial charge in [0.15, 0.2) is 0 Å². The second-order valence-corrected chi connectivity index (χ2v) is 4.23. The number of benzene rings is 1. The Labute approximate surface area is 118 Å². The van der Waals surface area contributed by atoms with Gasteiger partial charge in [-0.1, -0.05) is 12.1 Å². The summed E-state index contributed by atoms with van der Waals surface area (Å²) in [4.78, 5) is 15.1. The van der Waals surface area contributed by atoms with Crippen LogP contribution in [0.3, 0.4) is 0 Å². The summed E-state index contributed by atoms with van der Waals surface area (Å²) in [6.45, 7) is 0. The highest BCUT2D eigenvalue weighted by atomic mass is 19.4. The summed E-state index contributed by atoms with van der Waals surface area (Å²) < 4.78 is 42.1. The fourth-order valence-electron chi connectivity index (χ4n) is 1.81. The van der Waals surface area contributed by atoms with Gasteiger partial charge in [-0.2, -0.15) is 13.2 Å². The van der Waals surface area contributed by atoms with Crippen molar-refractivity contribution in [3.63, 3.8) is 0 Å². The molecule has 2 N–H and O–H groups in total. The number of hydrogen-bond donors (Lipinski definition) is 1. The van der Waals surface area contributed by atoms with Crippen LogP contribution in [0.4, 0.5) is 18.9 Å². The predicted octanol–water partition coefficient (Wildman–Crippen LogP) is 3.14. The zero-order valence-electron chi connectivity index (χ0n) is 10.9. The minimum absolute atomic E-state index is 0.166. The number of anilines is 1. The van der Waals surface area contributed by atoms with E-state index in [0.717, 1.165) is 12.3 Å². The van der Waals surface area contributed by atoms with Gasteiger partial charge in [0.2, 0.25) is 0 Å². The van der Waals surface area contributed by atoms with Crippen LogP contribution >= 0.6 is 0 Å². The summed E-state index contributed by atoms with van der Waals surface area (Å²) in [6, 6.07) is 6.57. The maximum atomic E-state index is 12.5. The molecule has 2 aromatic rings. The van der Waals surface area contributed by atoms with Gasteiger partial charge in [-0.15, -0.1) is 0 Å². The Morgan fingerprint density at radius 1 is 1.24 bits per heavy atom. The van der Waals surface area contributed by atoms with Gasteiger partial charge in [0.05, 0.1) is 12.7 Å². The Hall–Kier alpha value is -2.57. The molecule has 110 valence electrons. The van der Waals surface area contributed by atoms with E-state index in [0.29, 0.717) is 16.8 Å². The molecule has 7 heteroatoms. The van der Waals surface area contributed by atoms with Gasteiger partial charge >= 0.3 is 12.1 Å². The molecule has 0 bridgehead atoms. The molecule has 0 aliphatic rings. The smallest absolute Gasteiger partial charge is 0.433 e. The molecule has 0 unspecified atom stereocenters. The lowest BCUT2D eigenvalue weighted by Gasteiger charge is -2.10. The Kier molecular flexibility index (Phi) is 3.84. The number of hydrogen-bond acceptors (Lipinski definition) is 4. The first kappa shape index (κ1) is 14.8. The highest BCUT2D eigenvalue weighted by Gasteiger charge is 2.32. The number of rotatable bonds is 2. The first-order valence-corrected chi connectivity index (χ1v) is 5.84. The normalized spacial score (nSPS) is 11.2. The lowest BCUT2D eigenvalue weighted by molar-refractivity contribution is -0.141. The van der Waals surface area contributed by atoms with Crippen LogP contribution < -0.4 is 5.73 Å². The highest BCUT2D eigenvalue weighted by molar-refractivity contribution is 5.98. The van der Waals surface area contributed by atoms with E-state index in [-0.39, 0.29) is 5.56 Å². The van der Waals surface area contributed by atoms with Crippen LogP contribution in [-0.4, -0.2) is 18.1 Å². The SMILES string of the molecule is COC(=O)c1cc(N)ccc1-c1ccc(C(F)(F)F)nc1. The molecule has 0 aliphatic heterocycles. The number of nitrogens with zero attached hydrogens (tertiary/aromatic N) is 1. The van der Waals surface area contributed by atoms with Crippen molar-refractivity contribution in [1.82, 2.24) is 4.98 Å². The summed E-state index contributed by atoms with van der Waals surface area (Å²) in [5.74, 6) is -0.628. The zero-order valence-corrected chi connectivity index (χ0v) is 10.9. The van der Waals surface area contributed by atoms with Crippen molar-refractivity contribution >= 4 is 11.7 Å². The van der Waals surface area contributed by atoms with E-state index in [2.05, 4.69) is 9.72 Å². The fraction of sp³-hybridized carbons (Fsp3) is 0.143.